The summed E-state index contributed by atoms with van der Waals surface area (Å²) in [5, 5.41) is 3.82. The Morgan fingerprint density at radius 1 is 0.586 bits per heavy atom. The van der Waals surface area contributed by atoms with E-state index >= 15 is 0 Å². The van der Waals surface area contributed by atoms with Gasteiger partial charge in [0.15, 0.2) is 0 Å². The van der Waals surface area contributed by atoms with Crippen molar-refractivity contribution in [1.29, 1.82) is 1.34 Å². The molecule has 2 aliphatic heterocycles. The second kappa shape index (κ2) is 20.5. The van der Waals surface area contributed by atoms with Gasteiger partial charge >= 0.3 is 0 Å². The molecular weight excluding hydrogens is 1070 g/mol. The molecule has 4 nitrogen and oxygen atoms in total. The molecule has 6 atom stereocenters. The quantitative estimate of drug-likeness (QED) is 0.130. The Kier molecular flexibility index (Phi) is 15.9. The number of benzene rings is 4. The molecule has 296 valence electrons. The van der Waals surface area contributed by atoms with E-state index < -0.39 is 0 Å². The van der Waals surface area contributed by atoms with Crippen molar-refractivity contribution in [2.45, 2.75) is 24.7 Å². The van der Waals surface area contributed by atoms with Gasteiger partial charge in [0, 0.05) is 108 Å². The fraction of sp³-hybridized carbons (Fsp3) is 0.261. The molecule has 0 N–H and O–H groups in total. The fourth-order valence-electron chi connectivity index (χ4n) is 8.80. The number of carbonyl (C=O) groups is 2. The van der Waals surface area contributed by atoms with Crippen molar-refractivity contribution in [3.8, 4) is 0 Å². The van der Waals surface area contributed by atoms with E-state index in [2.05, 4.69) is 58.0 Å². The maximum absolute atomic E-state index is 12.9. The summed E-state index contributed by atoms with van der Waals surface area (Å²) in [6.45, 7) is 10.2. The number of hydrogen-bond donors (Lipinski definition) is 0. The van der Waals surface area contributed by atoms with E-state index in [4.69, 9.17) is 70.9 Å². The van der Waals surface area contributed by atoms with Gasteiger partial charge in [-0.2, -0.15) is 0 Å². The number of nitrogens with zero attached hydrogens (tertiary/aromatic N) is 2. The van der Waals surface area contributed by atoms with Gasteiger partial charge in [0.2, 0.25) is 11.8 Å². The van der Waals surface area contributed by atoms with Crippen LogP contribution in [0.5, 0.6) is 0 Å². The van der Waals surface area contributed by atoms with E-state index in [1.54, 1.807) is 24.3 Å². The third-order valence-electron chi connectivity index (χ3n) is 11.4. The summed E-state index contributed by atoms with van der Waals surface area (Å²) in [6, 6.07) is 27.0. The monoisotopic (exact) mass is 1110 g/mol. The average molecular weight is 1120 g/mol. The van der Waals surface area contributed by atoms with Crippen LogP contribution in [-0.4, -0.2) is 57.5 Å². The minimum absolute atomic E-state index is 0. The summed E-state index contributed by atoms with van der Waals surface area (Å²) in [6.07, 6.45) is 9.58. The van der Waals surface area contributed by atoms with Gasteiger partial charge in [0.1, 0.15) is 0 Å². The van der Waals surface area contributed by atoms with Crippen LogP contribution in [0.15, 0.2) is 122 Å². The Hall–Kier alpha value is -2.36. The van der Waals surface area contributed by atoms with E-state index in [1.807, 2.05) is 58.3 Å². The molecule has 58 heavy (non-hydrogen) atoms. The zero-order chi connectivity index (χ0) is 41.7. The standard InChI is InChI=1S/2C23H20Cl3NO.BH.U/c2*1-2-9-27-13-15-10-19(14-3-5-16(24)6-4-14)21(12-20(15)23(27)28)18-8-7-17(25)11-22(18)26;;/h2*2-8,11-12,15,19-20H,1,9-10,13H2;1H;/t15-,19-,20+;15-,19-,20-;;/m11../s1/i;;1D;. The van der Waals surface area contributed by atoms with Crippen molar-refractivity contribution in [3.05, 3.63) is 175 Å². The van der Waals surface area contributed by atoms with Crippen molar-refractivity contribution in [1.82, 2.24) is 9.80 Å². The van der Waals surface area contributed by atoms with Crippen molar-refractivity contribution < 1.29 is 40.7 Å². The van der Waals surface area contributed by atoms with Crippen molar-refractivity contribution in [2.75, 3.05) is 26.2 Å². The predicted molar refractivity (Wildman–Crippen MR) is 241 cm³/mol. The minimum Gasteiger partial charge on any atom is -0.338 e. The number of halogens is 6. The average Bonchev–Trinajstić information content (AvgIpc) is 3.69. The first kappa shape index (κ1) is 45.2. The molecule has 2 amide bonds. The van der Waals surface area contributed by atoms with Gasteiger partial charge in [0.25, 0.3) is 0 Å². The first-order valence-electron chi connectivity index (χ1n) is 19.2. The molecule has 2 fully saturated rings. The molecule has 12 heteroatoms. The SMILES string of the molecule is C=CCN1C[C@H]2C[C@H](c3ccc(Cl)cc3)C(c3ccc(Cl)cc3Cl)=C[C@@H]2C1=O.C=CCN1C[C@H]2C[C@H](c3ccc(Cl)cc3)C(c3ccc(Cl)cc3Cl)=C[C@H]2C1=O.[2H][B].[U]. The van der Waals surface area contributed by atoms with Gasteiger partial charge in [-0.25, -0.2) is 0 Å². The molecule has 4 aliphatic rings. The Morgan fingerprint density at radius 2 is 0.931 bits per heavy atom. The smallest absolute Gasteiger partial charge is 0.230 e. The van der Waals surface area contributed by atoms with Crippen molar-refractivity contribution in [2.24, 2.45) is 23.7 Å². The fourth-order valence-corrected chi connectivity index (χ4v) is 10.1. The van der Waals surface area contributed by atoms with Crippen LogP contribution in [0.3, 0.4) is 0 Å². The number of likely N-dealkylation sites (tertiary alicyclic amines) is 2. The van der Waals surface area contributed by atoms with E-state index in [0.29, 0.717) is 43.2 Å². The zero-order valence-corrected chi connectivity index (χ0v) is 40.3. The molecule has 2 aliphatic carbocycles. The third kappa shape index (κ3) is 10.0. The molecule has 0 spiro atoms. The van der Waals surface area contributed by atoms with Crippen LogP contribution in [-0.2, 0) is 9.59 Å². The van der Waals surface area contributed by atoms with Crippen LogP contribution < -0.4 is 0 Å². The van der Waals surface area contributed by atoms with Crippen LogP contribution >= 0.6 is 69.6 Å². The molecule has 0 saturated carbocycles. The zero-order valence-electron chi connectivity index (χ0n) is 32.6. The minimum atomic E-state index is -0.120. The van der Waals surface area contributed by atoms with E-state index in [0.717, 1.165) is 48.2 Å². The Balaban J connectivity index is 0.000000212. The number of hydrogen-bond acceptors (Lipinski definition) is 2. The van der Waals surface area contributed by atoms with Crippen LogP contribution in [0.25, 0.3) is 11.1 Å². The molecule has 4 aromatic rings. The van der Waals surface area contributed by atoms with Gasteiger partial charge < -0.3 is 9.80 Å². The van der Waals surface area contributed by atoms with Gasteiger partial charge in [-0.1, -0.05) is 130 Å². The largest absolute Gasteiger partial charge is 0.338 e. The predicted octanol–water partition coefficient (Wildman–Crippen LogP) is 12.3. The molecule has 2 saturated heterocycles. The number of fused-ring (bicyclic) bond motifs is 2. The molecule has 0 unspecified atom stereocenters. The van der Waals surface area contributed by atoms with Gasteiger partial charge in [-0.05, 0) is 108 Å². The first-order valence-corrected chi connectivity index (χ1v) is 20.9. The van der Waals surface area contributed by atoms with E-state index in [9.17, 15) is 9.59 Å². The summed E-state index contributed by atoms with van der Waals surface area (Å²) >= 11 is 37.5. The van der Waals surface area contributed by atoms with Gasteiger partial charge in [-0.3, -0.25) is 9.59 Å². The summed E-state index contributed by atoms with van der Waals surface area (Å²) < 4.78 is 5.25. The molecule has 8 rings (SSSR count). The van der Waals surface area contributed by atoms with Crippen LogP contribution in [0, 0.1) is 54.8 Å². The second-order valence-electron chi connectivity index (χ2n) is 14.8. The summed E-state index contributed by atoms with van der Waals surface area (Å²) in [4.78, 5) is 29.6. The summed E-state index contributed by atoms with van der Waals surface area (Å²) in [5.41, 5.74) is 6.38. The summed E-state index contributed by atoms with van der Waals surface area (Å²) in [5.74, 6) is 0.952. The van der Waals surface area contributed by atoms with E-state index in [-0.39, 0.29) is 78.4 Å². The number of carbonyl (C=O) groups excluding carboxylic acids is 2. The molecule has 4 aromatic carbocycles. The molecular formula is C46H41BCl6N2O2U. The number of allylic oxidation sites excluding steroid dienone is 2. The van der Waals surface area contributed by atoms with Gasteiger partial charge in [-0.15, -0.1) is 13.2 Å². The Morgan fingerprint density at radius 3 is 1.26 bits per heavy atom. The van der Waals surface area contributed by atoms with E-state index in [1.165, 1.54) is 11.1 Å². The third-order valence-corrected chi connectivity index (χ3v) is 13.0. The van der Waals surface area contributed by atoms with Crippen molar-refractivity contribution in [3.63, 3.8) is 0 Å². The molecule has 0 aromatic heterocycles. The number of amides is 2. The maximum atomic E-state index is 12.9. The molecule has 2 heterocycles. The normalized spacial score (nSPS) is 23.4. The van der Waals surface area contributed by atoms with Crippen LogP contribution in [0.1, 0.15) is 46.9 Å². The van der Waals surface area contributed by atoms with Crippen LogP contribution in [0.4, 0.5) is 0 Å². The van der Waals surface area contributed by atoms with Crippen LogP contribution in [0.2, 0.25) is 30.1 Å². The second-order valence-corrected chi connectivity index (χ2v) is 17.4. The molecule has 2 radical (unpaired) electrons. The maximum Gasteiger partial charge on any atom is 0.230 e. The first-order chi connectivity index (χ1) is 27.9. The Labute approximate surface area is 398 Å². The van der Waals surface area contributed by atoms with Gasteiger partial charge in [0.05, 0.1) is 11.8 Å². The number of rotatable bonds is 8. The topological polar surface area (TPSA) is 40.6 Å². The molecule has 0 bridgehead atoms. The van der Waals surface area contributed by atoms with Crippen molar-refractivity contribution >= 4 is 101 Å². The Bertz CT molecular complexity index is 2080. The summed E-state index contributed by atoms with van der Waals surface area (Å²) in [7, 11) is 3.75.